The van der Waals surface area contributed by atoms with E-state index in [4.69, 9.17) is 5.11 Å². The van der Waals surface area contributed by atoms with E-state index in [1.54, 1.807) is 0 Å². The van der Waals surface area contributed by atoms with Gasteiger partial charge < -0.3 is 28.8 Å². The average Bonchev–Trinajstić information content (AvgIpc) is 1.97. The molecule has 0 radical (unpaired) electrons. The van der Waals surface area contributed by atoms with Gasteiger partial charge in [0.25, 0.3) is 0 Å². The normalized spacial score (nSPS) is 12.1. The van der Waals surface area contributed by atoms with Gasteiger partial charge in [0.05, 0.1) is 28.6 Å². The van der Waals surface area contributed by atoms with Crippen LogP contribution >= 0.6 is 0 Å². The molecule has 8 nitrogen and oxygen atoms in total. The van der Waals surface area contributed by atoms with Crippen molar-refractivity contribution in [3.05, 3.63) is 0 Å². The van der Waals surface area contributed by atoms with Crippen LogP contribution in [0.5, 0.6) is 0 Å². The van der Waals surface area contributed by atoms with Gasteiger partial charge in [0.15, 0.2) is 0 Å². The molecule has 0 heterocycles. The molecular weight excluding hydrogens is 352 g/mol. The summed E-state index contributed by atoms with van der Waals surface area (Å²) in [6.07, 6.45) is -1.48. The van der Waals surface area contributed by atoms with Gasteiger partial charge in [0.2, 0.25) is 0 Å². The summed E-state index contributed by atoms with van der Waals surface area (Å²) >= 11 is 0. The molecule has 14 heteroatoms. The van der Waals surface area contributed by atoms with Crippen molar-refractivity contribution < 1.29 is 155 Å². The van der Waals surface area contributed by atoms with Crippen LogP contribution in [0.25, 0.3) is 0 Å². The molecule has 0 saturated heterocycles. The van der Waals surface area contributed by atoms with Crippen molar-refractivity contribution in [1.82, 2.24) is 0 Å². The molecule has 20 heavy (non-hydrogen) atoms. The molecule has 0 rings (SSSR count). The number of ether oxygens (including phenoxy) is 1. The molecule has 0 aromatic rings. The molecule has 1 atom stereocenters. The van der Waals surface area contributed by atoms with Crippen molar-refractivity contribution in [2.75, 3.05) is 19.0 Å². The zero-order chi connectivity index (χ0) is 12.8. The van der Waals surface area contributed by atoms with Crippen LogP contribution in [-0.4, -0.2) is 52.0 Å². The molecule has 1 N–H and O–H groups in total. The van der Waals surface area contributed by atoms with Gasteiger partial charge in [-0.15, -0.1) is 6.04 Å². The minimum atomic E-state index is -4.81. The second-order valence-corrected chi connectivity index (χ2v) is 6.55. The molecule has 0 saturated carbocycles. The molecule has 98 valence electrons. The standard InChI is InChI=1S/C6H13O8SSi.4Na/c7-6(5-15(8,9)10)4-14-2-1-3-16(11,12)13;;;;/h6-7H,1-5H2,(H,8,9,10);;;;/q-3;4*+1/p-1. The Labute approximate surface area is 208 Å². The Bertz CT molecular complexity index is 298. The third kappa shape index (κ3) is 29.9. The maximum Gasteiger partial charge on any atom is 1.00 e. The van der Waals surface area contributed by atoms with Gasteiger partial charge in [-0.3, -0.25) is 8.80 Å². The fourth-order valence-corrected chi connectivity index (χ4v) is 2.04. The van der Waals surface area contributed by atoms with Crippen LogP contribution in [0.3, 0.4) is 0 Å². The maximum absolute atomic E-state index is 10.2. The summed E-state index contributed by atoms with van der Waals surface area (Å²) in [6, 6.07) is -0.539. The van der Waals surface area contributed by atoms with Crippen molar-refractivity contribution in [1.29, 1.82) is 0 Å². The Morgan fingerprint density at radius 3 is 1.90 bits per heavy atom. The van der Waals surface area contributed by atoms with Gasteiger partial charge in [-0.05, 0) is 6.42 Å². The summed E-state index contributed by atoms with van der Waals surface area (Å²) in [6.45, 7) is -0.496. The van der Waals surface area contributed by atoms with E-state index in [-0.39, 0.29) is 131 Å². The van der Waals surface area contributed by atoms with Crippen LogP contribution in [-0.2, 0) is 14.9 Å². The summed E-state index contributed by atoms with van der Waals surface area (Å²) in [4.78, 5) is 30.6. The fourth-order valence-electron chi connectivity index (χ4n) is 0.894. The number of rotatable bonds is 8. The van der Waals surface area contributed by atoms with Crippen LogP contribution in [0.4, 0.5) is 0 Å². The van der Waals surface area contributed by atoms with Crippen molar-refractivity contribution in [3.8, 4) is 0 Å². The number of aliphatic hydroxyl groups excluding tert-OH is 1. The van der Waals surface area contributed by atoms with Crippen LogP contribution in [0, 0.1) is 0 Å². The van der Waals surface area contributed by atoms with Gasteiger partial charge in [0.1, 0.15) is 0 Å². The third-order valence-corrected chi connectivity index (χ3v) is 3.24. The molecule has 0 aromatic heterocycles. The van der Waals surface area contributed by atoms with Gasteiger partial charge in [-0.2, -0.15) is 0 Å². The van der Waals surface area contributed by atoms with Crippen molar-refractivity contribution in [2.24, 2.45) is 0 Å². The average molecular weight is 364 g/mol. The van der Waals surface area contributed by atoms with Crippen LogP contribution in [0.1, 0.15) is 6.42 Å². The third-order valence-electron chi connectivity index (χ3n) is 1.48. The Morgan fingerprint density at radius 2 is 1.55 bits per heavy atom. The molecule has 0 fully saturated rings. The van der Waals surface area contributed by atoms with Gasteiger partial charge in [-0.25, -0.2) is 8.42 Å². The Balaban J connectivity index is -0.000000187. The van der Waals surface area contributed by atoms with E-state index in [9.17, 15) is 27.4 Å². The number of hydrogen-bond donors (Lipinski definition) is 1. The molecule has 1 unspecified atom stereocenters. The molecular formula is C6H12Na4O8SSi. The zero-order valence-electron chi connectivity index (χ0n) is 12.3. The smallest absolute Gasteiger partial charge is 0.881 e. The molecule has 0 aliphatic heterocycles. The minimum absolute atomic E-state index is 0. The van der Waals surface area contributed by atoms with Crippen LogP contribution in [0.2, 0.25) is 6.04 Å². The molecule has 0 aliphatic rings. The molecule has 0 bridgehead atoms. The van der Waals surface area contributed by atoms with Crippen LogP contribution in [0.15, 0.2) is 0 Å². The predicted molar refractivity (Wildman–Crippen MR) is 46.6 cm³/mol. The summed E-state index contributed by atoms with van der Waals surface area (Å²) in [5.74, 6) is -0.962. The van der Waals surface area contributed by atoms with Crippen molar-refractivity contribution >= 4 is 18.9 Å². The second kappa shape index (κ2) is 17.7. The number of hydrogen-bond acceptors (Lipinski definition) is 8. The monoisotopic (exact) mass is 364 g/mol. The molecule has 0 aromatic carbocycles. The first kappa shape index (κ1) is 35.1. The van der Waals surface area contributed by atoms with E-state index in [2.05, 4.69) is 4.74 Å². The summed E-state index contributed by atoms with van der Waals surface area (Å²) < 4.78 is 35.2. The first-order valence-corrected chi connectivity index (χ1v) is 7.92. The van der Waals surface area contributed by atoms with E-state index in [1.807, 2.05) is 0 Å². The Kier molecular flexibility index (Phi) is 31.1. The predicted octanol–water partition coefficient (Wildman–Crippen LogP) is -16.7. The summed E-state index contributed by atoms with van der Waals surface area (Å²) in [5, 5.41) is 8.96. The van der Waals surface area contributed by atoms with Crippen molar-refractivity contribution in [2.45, 2.75) is 18.6 Å². The first-order chi connectivity index (χ1) is 7.10. The van der Waals surface area contributed by atoms with E-state index in [0.717, 1.165) is 0 Å². The quantitative estimate of drug-likeness (QED) is 0.253. The van der Waals surface area contributed by atoms with E-state index in [1.165, 1.54) is 0 Å². The summed E-state index contributed by atoms with van der Waals surface area (Å²) in [5.41, 5.74) is 0. The largest absolute Gasteiger partial charge is 1.00 e. The van der Waals surface area contributed by atoms with E-state index >= 15 is 0 Å². The Morgan fingerprint density at radius 1 is 1.10 bits per heavy atom. The maximum atomic E-state index is 10.2. The van der Waals surface area contributed by atoms with Crippen molar-refractivity contribution in [3.63, 3.8) is 0 Å². The van der Waals surface area contributed by atoms with E-state index < -0.39 is 43.4 Å². The van der Waals surface area contributed by atoms with Gasteiger partial charge in [-0.1, -0.05) is 0 Å². The molecule has 0 spiro atoms. The second-order valence-electron chi connectivity index (χ2n) is 3.24. The topological polar surface area (TPSA) is 156 Å². The molecule has 0 aliphatic carbocycles. The number of aliphatic hydroxyl groups is 1. The van der Waals surface area contributed by atoms with Crippen LogP contribution < -0.4 is 133 Å². The van der Waals surface area contributed by atoms with Gasteiger partial charge >= 0.3 is 118 Å². The summed E-state index contributed by atoms with van der Waals surface area (Å²) in [7, 11) is -9.32. The first-order valence-electron chi connectivity index (χ1n) is 4.41. The molecule has 0 amide bonds. The minimum Gasteiger partial charge on any atom is -0.881 e. The van der Waals surface area contributed by atoms with E-state index in [0.29, 0.717) is 0 Å². The SMILES string of the molecule is O=S(=O)([O-])CC(O)COCCC[Si]([O-])([O-])[O-].[Na+].[Na+].[Na+].[Na+]. The Hall–Kier alpha value is 3.93. The fraction of sp³-hybridized carbons (Fsp3) is 1.00. The van der Waals surface area contributed by atoms with Gasteiger partial charge in [0, 0.05) is 6.61 Å². The zero-order valence-corrected chi connectivity index (χ0v) is 22.1.